The third-order valence-corrected chi connectivity index (χ3v) is 4.77. The zero-order valence-corrected chi connectivity index (χ0v) is 18.2. The fourth-order valence-corrected chi connectivity index (χ4v) is 3.34. The van der Waals surface area contributed by atoms with Crippen molar-refractivity contribution >= 4 is 18.3 Å². The minimum absolute atomic E-state index is 0. The summed E-state index contributed by atoms with van der Waals surface area (Å²) in [6, 6.07) is 5.37. The number of aryl methyl sites for hydroxylation is 1. The van der Waals surface area contributed by atoms with Crippen LogP contribution in [0.25, 0.3) is 0 Å². The molecule has 0 bridgehead atoms. The lowest BCUT2D eigenvalue weighted by Crippen LogP contribution is -2.49. The van der Waals surface area contributed by atoms with Gasteiger partial charge in [0.05, 0.1) is 13.2 Å². The summed E-state index contributed by atoms with van der Waals surface area (Å²) in [5.41, 5.74) is 0.607. The number of hydrogen-bond acceptors (Lipinski definition) is 5. The van der Waals surface area contributed by atoms with Gasteiger partial charge >= 0.3 is 0 Å². The highest BCUT2D eigenvalue weighted by Crippen LogP contribution is 2.31. The lowest BCUT2D eigenvalue weighted by Gasteiger charge is -2.36. The Balaban J connectivity index is 0.00000300. The van der Waals surface area contributed by atoms with Gasteiger partial charge in [0.2, 0.25) is 0 Å². The Kier molecular flexibility index (Phi) is 8.79. The van der Waals surface area contributed by atoms with Crippen LogP contribution < -0.4 is 14.8 Å². The molecule has 8 heteroatoms. The summed E-state index contributed by atoms with van der Waals surface area (Å²) in [5, 5.41) is 3.37. The molecule has 1 aromatic heterocycles. The molecule has 0 spiro atoms. The molecule has 7 nitrogen and oxygen atoms in total. The van der Waals surface area contributed by atoms with E-state index in [2.05, 4.69) is 24.1 Å². The van der Waals surface area contributed by atoms with Gasteiger partial charge < -0.3 is 24.3 Å². The maximum atomic E-state index is 13.3. The highest BCUT2D eigenvalue weighted by Gasteiger charge is 2.31. The summed E-state index contributed by atoms with van der Waals surface area (Å²) in [6.07, 6.45) is 5.48. The highest BCUT2D eigenvalue weighted by molar-refractivity contribution is 5.95. The molecule has 0 radical (unpaired) electrons. The number of ether oxygens (including phenoxy) is 2. The monoisotopic (exact) mass is 422 g/mol. The molecule has 2 aromatic rings. The number of piperazine rings is 1. The molecule has 1 amide bonds. The van der Waals surface area contributed by atoms with E-state index in [0.717, 1.165) is 25.2 Å². The molecule has 1 atom stereocenters. The van der Waals surface area contributed by atoms with Crippen molar-refractivity contribution in [2.24, 2.45) is 7.05 Å². The van der Waals surface area contributed by atoms with E-state index in [1.807, 2.05) is 34.8 Å². The number of aromatic nitrogens is 2. The van der Waals surface area contributed by atoms with E-state index < -0.39 is 0 Å². The summed E-state index contributed by atoms with van der Waals surface area (Å²) < 4.78 is 13.6. The van der Waals surface area contributed by atoms with Crippen molar-refractivity contribution in [3.63, 3.8) is 0 Å². The van der Waals surface area contributed by atoms with Gasteiger partial charge in [-0.25, -0.2) is 4.98 Å². The first kappa shape index (κ1) is 23.0. The number of amides is 1. The smallest absolute Gasteiger partial charge is 0.254 e. The second-order valence-corrected chi connectivity index (χ2v) is 6.97. The molecular weight excluding hydrogens is 392 g/mol. The lowest BCUT2D eigenvalue weighted by molar-refractivity contribution is 0.0620. The summed E-state index contributed by atoms with van der Waals surface area (Å²) >= 11 is 0. The van der Waals surface area contributed by atoms with Gasteiger partial charge in [0.25, 0.3) is 5.91 Å². The number of carbonyl (C=O) groups excluding carboxylic acids is 1. The average Bonchev–Trinajstić information content (AvgIpc) is 3.16. The number of nitrogens with zero attached hydrogens (tertiary/aromatic N) is 3. The average molecular weight is 423 g/mol. The van der Waals surface area contributed by atoms with Crippen LogP contribution in [0.15, 0.2) is 30.6 Å². The zero-order chi connectivity index (χ0) is 19.9. The van der Waals surface area contributed by atoms with Crippen molar-refractivity contribution in [3.05, 3.63) is 42.0 Å². The molecule has 1 N–H and O–H groups in total. The first-order valence-corrected chi connectivity index (χ1v) is 10.0. The van der Waals surface area contributed by atoms with Crippen LogP contribution in [0.2, 0.25) is 0 Å². The van der Waals surface area contributed by atoms with Gasteiger partial charge in [-0.1, -0.05) is 13.8 Å². The van der Waals surface area contributed by atoms with E-state index in [1.54, 1.807) is 12.3 Å². The van der Waals surface area contributed by atoms with Crippen LogP contribution in [-0.2, 0) is 7.05 Å². The van der Waals surface area contributed by atoms with Crippen molar-refractivity contribution in [3.8, 4) is 11.5 Å². The number of carbonyl (C=O) groups is 1. The van der Waals surface area contributed by atoms with Gasteiger partial charge in [0, 0.05) is 44.6 Å². The van der Waals surface area contributed by atoms with Crippen LogP contribution in [-0.4, -0.2) is 53.2 Å². The Labute approximate surface area is 178 Å². The highest BCUT2D eigenvalue weighted by atomic mass is 35.5. The maximum absolute atomic E-state index is 13.3. The van der Waals surface area contributed by atoms with Crippen molar-refractivity contribution in [1.82, 2.24) is 19.8 Å². The summed E-state index contributed by atoms with van der Waals surface area (Å²) in [4.78, 5) is 19.7. The van der Waals surface area contributed by atoms with Crippen molar-refractivity contribution in [1.29, 1.82) is 0 Å². The summed E-state index contributed by atoms with van der Waals surface area (Å²) in [5.74, 6) is 2.18. The van der Waals surface area contributed by atoms with Crippen LogP contribution in [0.3, 0.4) is 0 Å². The normalized spacial score (nSPS) is 16.2. The first-order chi connectivity index (χ1) is 13.7. The Morgan fingerprint density at radius 2 is 1.93 bits per heavy atom. The maximum Gasteiger partial charge on any atom is 0.254 e. The van der Waals surface area contributed by atoms with E-state index in [-0.39, 0.29) is 24.4 Å². The van der Waals surface area contributed by atoms with E-state index >= 15 is 0 Å². The molecule has 160 valence electrons. The number of hydrogen-bond donors (Lipinski definition) is 1. The van der Waals surface area contributed by atoms with Gasteiger partial charge in [-0.15, -0.1) is 12.4 Å². The van der Waals surface area contributed by atoms with Crippen molar-refractivity contribution < 1.29 is 14.3 Å². The molecule has 3 rings (SSSR count). The quantitative estimate of drug-likeness (QED) is 0.707. The predicted octanol–water partition coefficient (Wildman–Crippen LogP) is 3.21. The SMILES string of the molecule is CCCOc1ccc(C(=O)N2CCNCC2c2nccn2C)cc1OCCC.Cl. The minimum Gasteiger partial charge on any atom is -0.490 e. The molecule has 1 saturated heterocycles. The molecule has 2 heterocycles. The Bertz CT molecular complexity index is 796. The summed E-state index contributed by atoms with van der Waals surface area (Å²) in [6.45, 7) is 7.41. The van der Waals surface area contributed by atoms with Gasteiger partial charge in [0.1, 0.15) is 11.9 Å². The van der Waals surface area contributed by atoms with Crippen LogP contribution in [0.5, 0.6) is 11.5 Å². The lowest BCUT2D eigenvalue weighted by atomic mass is 10.1. The zero-order valence-electron chi connectivity index (χ0n) is 17.4. The number of halogens is 1. The molecule has 0 aliphatic carbocycles. The standard InChI is InChI=1S/C21H30N4O3.ClH/c1-4-12-27-18-7-6-16(14-19(18)28-13-5-2)21(26)25-11-8-22-15-17(25)20-23-9-10-24(20)3;/h6-7,9-10,14,17,22H,4-5,8,11-13,15H2,1-3H3;1H. The van der Waals surface area contributed by atoms with E-state index in [9.17, 15) is 4.79 Å². The topological polar surface area (TPSA) is 68.6 Å². The molecule has 1 aromatic carbocycles. The molecule has 1 unspecified atom stereocenters. The van der Waals surface area contributed by atoms with Gasteiger partial charge in [-0.05, 0) is 31.0 Å². The second-order valence-electron chi connectivity index (χ2n) is 6.97. The molecule has 0 saturated carbocycles. The van der Waals surface area contributed by atoms with E-state index in [1.165, 1.54) is 0 Å². The van der Waals surface area contributed by atoms with Crippen LogP contribution >= 0.6 is 12.4 Å². The third kappa shape index (κ3) is 5.42. The number of benzene rings is 1. The second kappa shape index (κ2) is 11.1. The Morgan fingerprint density at radius 3 is 2.59 bits per heavy atom. The first-order valence-electron chi connectivity index (χ1n) is 10.0. The van der Waals surface area contributed by atoms with Crippen molar-refractivity contribution in [2.45, 2.75) is 32.7 Å². The van der Waals surface area contributed by atoms with Crippen molar-refractivity contribution in [2.75, 3.05) is 32.8 Å². The van der Waals surface area contributed by atoms with E-state index in [0.29, 0.717) is 43.4 Å². The largest absolute Gasteiger partial charge is 0.490 e. The summed E-state index contributed by atoms with van der Waals surface area (Å²) in [7, 11) is 1.95. The van der Waals surface area contributed by atoms with Crippen LogP contribution in [0.1, 0.15) is 48.9 Å². The molecular formula is C21H31ClN4O3. The van der Waals surface area contributed by atoms with E-state index in [4.69, 9.17) is 9.47 Å². The fraction of sp³-hybridized carbons (Fsp3) is 0.524. The van der Waals surface area contributed by atoms with Gasteiger partial charge in [-0.2, -0.15) is 0 Å². The number of imidazole rings is 1. The van der Waals surface area contributed by atoms with Gasteiger partial charge in [0.15, 0.2) is 11.5 Å². The predicted molar refractivity (Wildman–Crippen MR) is 115 cm³/mol. The van der Waals surface area contributed by atoms with Crippen LogP contribution in [0.4, 0.5) is 0 Å². The molecule has 1 fully saturated rings. The number of rotatable bonds is 8. The Hall–Kier alpha value is -2.25. The number of nitrogens with one attached hydrogen (secondary N) is 1. The minimum atomic E-state index is -0.0997. The molecule has 1 aliphatic rings. The molecule has 29 heavy (non-hydrogen) atoms. The Morgan fingerprint density at radius 1 is 1.21 bits per heavy atom. The van der Waals surface area contributed by atoms with Gasteiger partial charge in [-0.3, -0.25) is 4.79 Å². The third-order valence-electron chi connectivity index (χ3n) is 4.77. The van der Waals surface area contributed by atoms with Crippen LogP contribution in [0, 0.1) is 0 Å². The fourth-order valence-electron chi connectivity index (χ4n) is 3.34. The molecule has 1 aliphatic heterocycles.